The molecule has 0 N–H and O–H groups in total. The lowest BCUT2D eigenvalue weighted by molar-refractivity contribution is 0.0230. The first-order chi connectivity index (χ1) is 6.72. The Kier molecular flexibility index (Phi) is 4.01. The largest absolute Gasteiger partial charge is 0.414 e. The fraction of sp³-hybridized carbons (Fsp3) is 1.00. The summed E-state index contributed by atoms with van der Waals surface area (Å²) in [5, 5.41) is 0.303. The zero-order chi connectivity index (χ0) is 11.7. The summed E-state index contributed by atoms with van der Waals surface area (Å²) in [6.07, 6.45) is 3.12. The monoisotopic (exact) mass is 230 g/mol. The lowest BCUT2D eigenvalue weighted by Gasteiger charge is -2.36. The van der Waals surface area contributed by atoms with Crippen LogP contribution in [0.4, 0.5) is 0 Å². The third-order valence-electron chi connectivity index (χ3n) is 3.76. The van der Waals surface area contributed by atoms with Crippen LogP contribution in [0, 0.1) is 0 Å². The predicted octanol–water partition coefficient (Wildman–Crippen LogP) is 3.58. The fourth-order valence-corrected chi connectivity index (χ4v) is 2.56. The van der Waals surface area contributed by atoms with Crippen molar-refractivity contribution in [2.24, 2.45) is 0 Å². The van der Waals surface area contributed by atoms with Crippen molar-refractivity contribution in [1.82, 2.24) is 0 Å². The first-order valence-electron chi connectivity index (χ1n) is 6.02. The first kappa shape index (κ1) is 13.2. The second-order valence-electron chi connectivity index (χ2n) is 6.22. The van der Waals surface area contributed by atoms with Gasteiger partial charge in [-0.1, -0.05) is 20.8 Å². The summed E-state index contributed by atoms with van der Waals surface area (Å²) in [6.45, 7) is 14.4. The highest BCUT2D eigenvalue weighted by molar-refractivity contribution is 6.74. The van der Waals surface area contributed by atoms with Crippen molar-refractivity contribution < 1.29 is 9.16 Å². The Morgan fingerprint density at radius 2 is 1.87 bits per heavy atom. The van der Waals surface area contributed by atoms with E-state index in [0.717, 1.165) is 13.0 Å². The minimum absolute atomic E-state index is 0.303. The molecule has 1 heterocycles. The van der Waals surface area contributed by atoms with E-state index < -0.39 is 8.32 Å². The number of hydrogen-bond acceptors (Lipinski definition) is 2. The van der Waals surface area contributed by atoms with Crippen LogP contribution < -0.4 is 0 Å². The van der Waals surface area contributed by atoms with Gasteiger partial charge in [-0.3, -0.25) is 0 Å². The Morgan fingerprint density at radius 3 is 2.27 bits per heavy atom. The van der Waals surface area contributed by atoms with Crippen LogP contribution in [0.3, 0.4) is 0 Å². The van der Waals surface area contributed by atoms with E-state index in [-0.39, 0.29) is 0 Å². The summed E-state index contributed by atoms with van der Waals surface area (Å²) in [5.41, 5.74) is 0. The molecule has 1 aliphatic rings. The van der Waals surface area contributed by atoms with Gasteiger partial charge in [0, 0.05) is 0 Å². The maximum absolute atomic E-state index is 6.14. The van der Waals surface area contributed by atoms with Gasteiger partial charge in [0.1, 0.15) is 0 Å². The topological polar surface area (TPSA) is 18.5 Å². The van der Waals surface area contributed by atoms with Crippen LogP contribution in [-0.4, -0.2) is 27.1 Å². The minimum Gasteiger partial charge on any atom is -0.414 e. The van der Waals surface area contributed by atoms with Crippen molar-refractivity contribution in [3.63, 3.8) is 0 Å². The summed E-state index contributed by atoms with van der Waals surface area (Å²) in [4.78, 5) is 0. The summed E-state index contributed by atoms with van der Waals surface area (Å²) >= 11 is 0. The molecular weight excluding hydrogens is 204 g/mol. The lowest BCUT2D eigenvalue weighted by Crippen LogP contribution is -2.42. The van der Waals surface area contributed by atoms with E-state index >= 15 is 0 Å². The molecule has 1 aliphatic heterocycles. The average molecular weight is 230 g/mol. The summed E-state index contributed by atoms with van der Waals surface area (Å²) in [7, 11) is -1.57. The normalized spacial score (nSPS) is 28.4. The molecule has 0 bridgehead atoms. The van der Waals surface area contributed by atoms with Gasteiger partial charge in [0.15, 0.2) is 8.32 Å². The molecular formula is C12H26O2Si. The smallest absolute Gasteiger partial charge is 0.192 e. The minimum atomic E-state index is -1.57. The maximum Gasteiger partial charge on any atom is 0.192 e. The van der Waals surface area contributed by atoms with E-state index in [4.69, 9.17) is 9.16 Å². The molecule has 0 spiro atoms. The van der Waals surface area contributed by atoms with Gasteiger partial charge in [0.25, 0.3) is 0 Å². The lowest BCUT2D eigenvalue weighted by atomic mass is 10.2. The Labute approximate surface area is 95.5 Å². The quantitative estimate of drug-likeness (QED) is 0.690. The predicted molar refractivity (Wildman–Crippen MR) is 66.7 cm³/mol. The van der Waals surface area contributed by atoms with Gasteiger partial charge in [0.2, 0.25) is 0 Å². The molecule has 1 rings (SSSR count). The highest BCUT2D eigenvalue weighted by Crippen LogP contribution is 2.37. The molecule has 0 unspecified atom stereocenters. The average Bonchev–Trinajstić information content (AvgIpc) is 2.46. The molecule has 15 heavy (non-hydrogen) atoms. The van der Waals surface area contributed by atoms with Crippen LogP contribution in [0.2, 0.25) is 18.1 Å². The van der Waals surface area contributed by atoms with Crippen LogP contribution in [0.5, 0.6) is 0 Å². The van der Waals surface area contributed by atoms with E-state index in [0.29, 0.717) is 17.2 Å². The number of ether oxygens (including phenoxy) is 1. The van der Waals surface area contributed by atoms with Crippen LogP contribution in [0.1, 0.15) is 40.5 Å². The molecule has 0 aromatic carbocycles. The van der Waals surface area contributed by atoms with Crippen LogP contribution in [0.25, 0.3) is 0 Å². The second kappa shape index (κ2) is 4.56. The van der Waals surface area contributed by atoms with Crippen molar-refractivity contribution in [1.29, 1.82) is 0 Å². The van der Waals surface area contributed by atoms with E-state index in [2.05, 4.69) is 40.8 Å². The van der Waals surface area contributed by atoms with Crippen LogP contribution in [0.15, 0.2) is 0 Å². The summed E-state index contributed by atoms with van der Waals surface area (Å²) < 4.78 is 11.9. The molecule has 1 fully saturated rings. The van der Waals surface area contributed by atoms with E-state index in [1.165, 1.54) is 6.42 Å². The molecule has 2 atom stereocenters. The highest BCUT2D eigenvalue weighted by Gasteiger charge is 2.38. The molecule has 0 aromatic heterocycles. The third-order valence-corrected chi connectivity index (χ3v) is 8.26. The Hall–Kier alpha value is 0.137. The number of rotatable bonds is 3. The van der Waals surface area contributed by atoms with Crippen LogP contribution in [-0.2, 0) is 9.16 Å². The van der Waals surface area contributed by atoms with E-state index in [1.807, 2.05) is 0 Å². The molecule has 1 saturated heterocycles. The zero-order valence-electron chi connectivity index (χ0n) is 11.1. The Bertz CT molecular complexity index is 208. The molecule has 0 saturated carbocycles. The molecule has 0 aromatic rings. The summed E-state index contributed by atoms with van der Waals surface area (Å²) in [5.74, 6) is 0. The fourth-order valence-electron chi connectivity index (χ4n) is 1.53. The van der Waals surface area contributed by atoms with Crippen molar-refractivity contribution >= 4 is 8.32 Å². The van der Waals surface area contributed by atoms with Crippen molar-refractivity contribution in [3.05, 3.63) is 0 Å². The zero-order valence-corrected chi connectivity index (χ0v) is 12.1. The molecule has 90 valence electrons. The molecule has 3 heteroatoms. The SMILES string of the molecule is C[C@H]1CC[C@@H](CO[Si](C)(C)C(C)(C)C)O1. The van der Waals surface area contributed by atoms with Gasteiger partial charge in [-0.15, -0.1) is 0 Å². The summed E-state index contributed by atoms with van der Waals surface area (Å²) in [6, 6.07) is 0. The van der Waals surface area contributed by atoms with Gasteiger partial charge < -0.3 is 9.16 Å². The Balaban J connectivity index is 2.36. The van der Waals surface area contributed by atoms with Crippen LogP contribution >= 0.6 is 0 Å². The van der Waals surface area contributed by atoms with Crippen molar-refractivity contribution in [3.8, 4) is 0 Å². The van der Waals surface area contributed by atoms with Crippen molar-refractivity contribution in [2.45, 2.75) is 70.9 Å². The highest BCUT2D eigenvalue weighted by atomic mass is 28.4. The second-order valence-corrected chi connectivity index (χ2v) is 11.0. The molecule has 0 radical (unpaired) electrons. The molecule has 0 aliphatic carbocycles. The van der Waals surface area contributed by atoms with Gasteiger partial charge >= 0.3 is 0 Å². The number of hydrogen-bond donors (Lipinski definition) is 0. The van der Waals surface area contributed by atoms with Gasteiger partial charge in [-0.25, -0.2) is 0 Å². The van der Waals surface area contributed by atoms with E-state index in [1.54, 1.807) is 0 Å². The molecule has 0 amide bonds. The Morgan fingerprint density at radius 1 is 1.27 bits per heavy atom. The molecule has 2 nitrogen and oxygen atoms in total. The van der Waals surface area contributed by atoms with E-state index in [9.17, 15) is 0 Å². The standard InChI is InChI=1S/C12H26O2Si/c1-10-7-8-11(14-10)9-13-15(5,6)12(2,3)4/h10-11H,7-9H2,1-6H3/t10-,11-/m0/s1. The third kappa shape index (κ3) is 3.57. The maximum atomic E-state index is 6.14. The van der Waals surface area contributed by atoms with Crippen molar-refractivity contribution in [2.75, 3.05) is 6.61 Å². The first-order valence-corrected chi connectivity index (χ1v) is 8.92. The van der Waals surface area contributed by atoms with Gasteiger partial charge in [0.05, 0.1) is 18.8 Å². The van der Waals surface area contributed by atoms with Gasteiger partial charge in [-0.05, 0) is 37.9 Å². The van der Waals surface area contributed by atoms with Gasteiger partial charge in [-0.2, -0.15) is 0 Å².